The smallest absolute Gasteiger partial charge is 0.329 e. The second-order valence-electron chi connectivity index (χ2n) is 6.65. The van der Waals surface area contributed by atoms with Crippen molar-refractivity contribution in [3.63, 3.8) is 0 Å². The Morgan fingerprint density at radius 3 is 2.47 bits per heavy atom. The van der Waals surface area contributed by atoms with Crippen molar-refractivity contribution in [2.45, 2.75) is 26.7 Å². The van der Waals surface area contributed by atoms with Crippen LogP contribution in [0.25, 0.3) is 0 Å². The fourth-order valence-electron chi connectivity index (χ4n) is 2.53. The molecule has 9 nitrogen and oxygen atoms in total. The lowest BCUT2D eigenvalue weighted by Crippen LogP contribution is -2.38. The first-order valence-corrected chi connectivity index (χ1v) is 10.4. The second-order valence-corrected chi connectivity index (χ2v) is 6.65. The van der Waals surface area contributed by atoms with Crippen molar-refractivity contribution in [3.8, 4) is 11.5 Å². The van der Waals surface area contributed by atoms with Gasteiger partial charge < -0.3 is 20.1 Å². The molecule has 32 heavy (non-hydrogen) atoms. The van der Waals surface area contributed by atoms with Crippen molar-refractivity contribution in [2.75, 3.05) is 25.1 Å². The third-order valence-corrected chi connectivity index (χ3v) is 4.09. The molecule has 3 amide bonds. The fraction of sp³-hybridized carbons (Fsp3) is 0.304. The van der Waals surface area contributed by atoms with Crippen LogP contribution >= 0.6 is 0 Å². The highest BCUT2D eigenvalue weighted by Gasteiger charge is 2.12. The lowest BCUT2D eigenvalue weighted by molar-refractivity contribution is -0.139. The van der Waals surface area contributed by atoms with E-state index in [1.165, 1.54) is 6.21 Å². The van der Waals surface area contributed by atoms with Crippen molar-refractivity contribution in [2.24, 2.45) is 5.10 Å². The number of nitrogens with one attached hydrogen (secondary N) is 3. The van der Waals surface area contributed by atoms with Crippen LogP contribution in [0.3, 0.4) is 0 Å². The van der Waals surface area contributed by atoms with Crippen LogP contribution < -0.4 is 25.5 Å². The largest absolute Gasteiger partial charge is 0.490 e. The molecule has 0 spiro atoms. The normalized spacial score (nSPS) is 10.4. The van der Waals surface area contributed by atoms with Crippen LogP contribution in [-0.2, 0) is 14.4 Å². The van der Waals surface area contributed by atoms with E-state index >= 15 is 0 Å². The number of amides is 3. The van der Waals surface area contributed by atoms with Crippen LogP contribution in [0.15, 0.2) is 53.6 Å². The topological polar surface area (TPSA) is 118 Å². The molecule has 0 heterocycles. The van der Waals surface area contributed by atoms with Crippen LogP contribution in [0.5, 0.6) is 11.5 Å². The van der Waals surface area contributed by atoms with E-state index in [1.54, 1.807) is 30.3 Å². The van der Waals surface area contributed by atoms with Crippen molar-refractivity contribution >= 4 is 29.6 Å². The van der Waals surface area contributed by atoms with Gasteiger partial charge in [-0.3, -0.25) is 14.4 Å². The fourth-order valence-corrected chi connectivity index (χ4v) is 2.53. The number of carbonyl (C=O) groups excluding carboxylic acids is 3. The molecule has 0 radical (unpaired) electrons. The molecule has 0 aromatic heterocycles. The molecule has 0 aliphatic heterocycles. The number of ether oxygens (including phenoxy) is 2. The van der Waals surface area contributed by atoms with E-state index in [9.17, 15) is 14.4 Å². The number of anilines is 1. The first-order chi connectivity index (χ1) is 15.5. The molecule has 0 aliphatic carbocycles. The Morgan fingerprint density at radius 1 is 0.969 bits per heavy atom. The highest BCUT2D eigenvalue weighted by Crippen LogP contribution is 2.28. The van der Waals surface area contributed by atoms with Crippen molar-refractivity contribution in [1.29, 1.82) is 0 Å². The molecule has 9 heteroatoms. The zero-order valence-electron chi connectivity index (χ0n) is 18.2. The third kappa shape index (κ3) is 8.47. The van der Waals surface area contributed by atoms with Crippen LogP contribution in [0.2, 0.25) is 0 Å². The molecule has 0 saturated carbocycles. The van der Waals surface area contributed by atoms with Gasteiger partial charge in [0.1, 0.15) is 0 Å². The van der Waals surface area contributed by atoms with Gasteiger partial charge in [-0.1, -0.05) is 31.5 Å². The molecule has 2 aromatic rings. The molecule has 0 bridgehead atoms. The molecule has 2 aromatic carbocycles. The molecule has 0 saturated heterocycles. The van der Waals surface area contributed by atoms with Gasteiger partial charge in [-0.25, -0.2) is 5.43 Å². The van der Waals surface area contributed by atoms with Gasteiger partial charge in [0, 0.05) is 12.2 Å². The van der Waals surface area contributed by atoms with Gasteiger partial charge in [-0.05, 0) is 49.2 Å². The molecule has 0 fully saturated rings. The van der Waals surface area contributed by atoms with Crippen LogP contribution in [0, 0.1) is 0 Å². The molecule has 2 rings (SSSR count). The Kier molecular flexibility index (Phi) is 10.2. The lowest BCUT2D eigenvalue weighted by Gasteiger charge is -2.12. The van der Waals surface area contributed by atoms with Gasteiger partial charge in [0.15, 0.2) is 18.1 Å². The molecule has 0 aliphatic rings. The Bertz CT molecular complexity index is 931. The summed E-state index contributed by atoms with van der Waals surface area (Å²) in [4.78, 5) is 35.4. The summed E-state index contributed by atoms with van der Waals surface area (Å²) in [7, 11) is 0. The van der Waals surface area contributed by atoms with E-state index < -0.39 is 11.8 Å². The first kappa shape index (κ1) is 24.4. The molecule has 0 atom stereocenters. The van der Waals surface area contributed by atoms with Gasteiger partial charge in [-0.2, -0.15) is 5.10 Å². The standard InChI is InChI=1S/C23H28N4O5/c1-3-5-13-24-22(29)23(30)27-25-15-17-11-12-19(20(14-17)31-4-2)32-16-21(28)26-18-9-7-6-8-10-18/h6-12,14-15H,3-5,13,16H2,1-2H3,(H,24,29)(H,26,28)(H,27,30)/b25-15-. The molecular weight excluding hydrogens is 412 g/mol. The monoisotopic (exact) mass is 440 g/mol. The molecular formula is C23H28N4O5. The number of nitrogens with zero attached hydrogens (tertiary/aromatic N) is 1. The van der Waals surface area contributed by atoms with Gasteiger partial charge in [0.2, 0.25) is 0 Å². The number of unbranched alkanes of at least 4 members (excludes halogenated alkanes) is 1. The van der Waals surface area contributed by atoms with Crippen LogP contribution in [0.4, 0.5) is 5.69 Å². The summed E-state index contributed by atoms with van der Waals surface area (Å²) in [6.07, 6.45) is 3.09. The van der Waals surface area contributed by atoms with Crippen molar-refractivity contribution < 1.29 is 23.9 Å². The zero-order valence-corrected chi connectivity index (χ0v) is 18.2. The third-order valence-electron chi connectivity index (χ3n) is 4.09. The maximum atomic E-state index is 12.1. The first-order valence-electron chi connectivity index (χ1n) is 10.4. The SMILES string of the molecule is CCCCNC(=O)C(=O)N/N=C\c1ccc(OCC(=O)Nc2ccccc2)c(OCC)c1. The number of hydrazone groups is 1. The summed E-state index contributed by atoms with van der Waals surface area (Å²) >= 11 is 0. The Hall–Kier alpha value is -3.88. The maximum absolute atomic E-state index is 12.1. The summed E-state index contributed by atoms with van der Waals surface area (Å²) in [5.41, 5.74) is 3.47. The zero-order chi connectivity index (χ0) is 23.2. The number of hydrogen-bond donors (Lipinski definition) is 3. The summed E-state index contributed by atoms with van der Waals surface area (Å²) < 4.78 is 11.2. The molecule has 3 N–H and O–H groups in total. The second kappa shape index (κ2) is 13.4. The number of carbonyl (C=O) groups is 3. The molecule has 170 valence electrons. The number of benzene rings is 2. The van der Waals surface area contributed by atoms with E-state index in [0.717, 1.165) is 12.8 Å². The Balaban J connectivity index is 1.92. The summed E-state index contributed by atoms with van der Waals surface area (Å²) in [5, 5.41) is 9.05. The number of rotatable bonds is 11. The van der Waals surface area contributed by atoms with E-state index in [-0.39, 0.29) is 12.5 Å². The predicted octanol–water partition coefficient (Wildman–Crippen LogP) is 2.47. The minimum Gasteiger partial charge on any atom is -0.490 e. The van der Waals surface area contributed by atoms with Crippen LogP contribution in [-0.4, -0.2) is 43.7 Å². The summed E-state index contributed by atoms with van der Waals surface area (Å²) in [5.74, 6) is -1.06. The Labute approximate surface area is 187 Å². The van der Waals surface area contributed by atoms with E-state index in [0.29, 0.717) is 35.9 Å². The van der Waals surface area contributed by atoms with Crippen molar-refractivity contribution in [1.82, 2.24) is 10.7 Å². The maximum Gasteiger partial charge on any atom is 0.329 e. The van der Waals surface area contributed by atoms with Gasteiger partial charge >= 0.3 is 11.8 Å². The lowest BCUT2D eigenvalue weighted by atomic mass is 10.2. The Morgan fingerprint density at radius 2 is 1.75 bits per heavy atom. The summed E-state index contributed by atoms with van der Waals surface area (Å²) in [6, 6.07) is 14.1. The van der Waals surface area contributed by atoms with Crippen LogP contribution in [0.1, 0.15) is 32.3 Å². The minimum absolute atomic E-state index is 0.189. The minimum atomic E-state index is -0.841. The predicted molar refractivity (Wildman–Crippen MR) is 122 cm³/mol. The number of hydrogen-bond acceptors (Lipinski definition) is 6. The highest BCUT2D eigenvalue weighted by molar-refractivity contribution is 6.35. The van der Waals surface area contributed by atoms with Crippen molar-refractivity contribution in [3.05, 3.63) is 54.1 Å². The average molecular weight is 441 g/mol. The van der Waals surface area contributed by atoms with Gasteiger partial charge in [-0.15, -0.1) is 0 Å². The van der Waals surface area contributed by atoms with Gasteiger partial charge in [0.05, 0.1) is 12.8 Å². The van der Waals surface area contributed by atoms with E-state index in [4.69, 9.17) is 9.47 Å². The summed E-state index contributed by atoms with van der Waals surface area (Å²) in [6.45, 7) is 4.45. The number of para-hydroxylation sites is 1. The van der Waals surface area contributed by atoms with E-state index in [1.807, 2.05) is 32.0 Å². The van der Waals surface area contributed by atoms with E-state index in [2.05, 4.69) is 21.2 Å². The average Bonchev–Trinajstić information content (AvgIpc) is 2.79. The highest BCUT2D eigenvalue weighted by atomic mass is 16.5. The molecule has 0 unspecified atom stereocenters. The quantitative estimate of drug-likeness (QED) is 0.215. The van der Waals surface area contributed by atoms with Gasteiger partial charge in [0.25, 0.3) is 5.91 Å².